The maximum absolute atomic E-state index is 11.6. The summed E-state index contributed by atoms with van der Waals surface area (Å²) in [6, 6.07) is 7.85. The van der Waals surface area contributed by atoms with Crippen LogP contribution in [-0.2, 0) is 4.79 Å². The van der Waals surface area contributed by atoms with Crippen molar-refractivity contribution in [3.8, 4) is 0 Å². The molecule has 4 heteroatoms. The Labute approximate surface area is 96.6 Å². The Bertz CT molecular complexity index is 346. The summed E-state index contributed by atoms with van der Waals surface area (Å²) < 4.78 is 0. The smallest absolute Gasteiger partial charge is 0.240 e. The molecule has 0 atom stereocenters. The van der Waals surface area contributed by atoms with E-state index in [1.807, 2.05) is 50.2 Å². The lowest BCUT2D eigenvalue weighted by Gasteiger charge is -2.21. The molecule has 1 aromatic rings. The third-order valence-electron chi connectivity index (χ3n) is 2.47. The van der Waals surface area contributed by atoms with Crippen molar-refractivity contribution in [1.29, 1.82) is 0 Å². The summed E-state index contributed by atoms with van der Waals surface area (Å²) in [5, 5.41) is 0. The minimum Gasteiger partial charge on any atom is -0.378 e. The van der Waals surface area contributed by atoms with Crippen LogP contribution in [0.3, 0.4) is 0 Å². The van der Waals surface area contributed by atoms with Gasteiger partial charge in [-0.05, 0) is 31.2 Å². The first-order valence-electron chi connectivity index (χ1n) is 5.38. The summed E-state index contributed by atoms with van der Waals surface area (Å²) in [5.74, 6) is -0.0555. The number of nitrogens with zero attached hydrogens (tertiary/aromatic N) is 2. The molecule has 1 rings (SSSR count). The molecule has 0 radical (unpaired) electrons. The highest BCUT2D eigenvalue weighted by Gasteiger charge is 2.11. The summed E-state index contributed by atoms with van der Waals surface area (Å²) in [7, 11) is 3.97. The highest BCUT2D eigenvalue weighted by molar-refractivity contribution is 5.94. The predicted octanol–water partition coefficient (Wildman–Crippen LogP) is 1.06. The number of hydrogen-bond acceptors (Lipinski definition) is 3. The molecular weight excluding hydrogens is 202 g/mol. The number of carbonyl (C=O) groups is 1. The van der Waals surface area contributed by atoms with Crippen LogP contribution in [0.4, 0.5) is 11.4 Å². The molecule has 0 saturated heterocycles. The van der Waals surface area contributed by atoms with Gasteiger partial charge in [0, 0.05) is 32.0 Å². The third-order valence-corrected chi connectivity index (χ3v) is 2.47. The Morgan fingerprint density at radius 1 is 1.19 bits per heavy atom. The zero-order valence-electron chi connectivity index (χ0n) is 10.1. The van der Waals surface area contributed by atoms with Gasteiger partial charge in [0.25, 0.3) is 0 Å². The highest BCUT2D eigenvalue weighted by atomic mass is 16.2. The van der Waals surface area contributed by atoms with Gasteiger partial charge in [-0.25, -0.2) is 0 Å². The van der Waals surface area contributed by atoms with E-state index in [-0.39, 0.29) is 12.5 Å². The molecular formula is C12H19N3O. The lowest BCUT2D eigenvalue weighted by molar-refractivity contribution is -0.117. The maximum atomic E-state index is 11.6. The normalized spacial score (nSPS) is 10.0. The quantitative estimate of drug-likeness (QED) is 0.827. The van der Waals surface area contributed by atoms with Crippen LogP contribution < -0.4 is 15.5 Å². The van der Waals surface area contributed by atoms with E-state index in [1.54, 1.807) is 4.90 Å². The number of anilines is 2. The SMILES string of the molecule is CCN(C(=O)CN)c1ccc(N(C)C)cc1. The van der Waals surface area contributed by atoms with Crippen molar-refractivity contribution < 1.29 is 4.79 Å². The summed E-state index contributed by atoms with van der Waals surface area (Å²) in [6.45, 7) is 2.62. The molecule has 1 amide bonds. The predicted molar refractivity (Wildman–Crippen MR) is 67.9 cm³/mol. The second-order valence-electron chi connectivity index (χ2n) is 3.75. The Morgan fingerprint density at radius 2 is 1.69 bits per heavy atom. The maximum Gasteiger partial charge on any atom is 0.240 e. The first-order chi connectivity index (χ1) is 7.60. The molecule has 16 heavy (non-hydrogen) atoms. The fraction of sp³-hybridized carbons (Fsp3) is 0.417. The summed E-state index contributed by atoms with van der Waals surface area (Å²) in [5.41, 5.74) is 7.37. The van der Waals surface area contributed by atoms with Crippen LogP contribution in [0.25, 0.3) is 0 Å². The minimum atomic E-state index is -0.0555. The lowest BCUT2D eigenvalue weighted by atomic mass is 10.2. The van der Waals surface area contributed by atoms with Gasteiger partial charge in [0.2, 0.25) is 5.91 Å². The van der Waals surface area contributed by atoms with Gasteiger partial charge in [0.15, 0.2) is 0 Å². The van der Waals surface area contributed by atoms with Crippen LogP contribution in [-0.4, -0.2) is 33.1 Å². The van der Waals surface area contributed by atoms with E-state index in [0.29, 0.717) is 6.54 Å². The van der Waals surface area contributed by atoms with Crippen molar-refractivity contribution in [3.63, 3.8) is 0 Å². The molecule has 0 spiro atoms. The van der Waals surface area contributed by atoms with Crippen molar-refractivity contribution >= 4 is 17.3 Å². The molecule has 0 fully saturated rings. The third kappa shape index (κ3) is 2.73. The monoisotopic (exact) mass is 221 g/mol. The molecule has 0 aliphatic rings. The number of rotatable bonds is 4. The fourth-order valence-corrected chi connectivity index (χ4v) is 1.54. The van der Waals surface area contributed by atoms with E-state index in [0.717, 1.165) is 11.4 Å². The number of nitrogens with two attached hydrogens (primary N) is 1. The topological polar surface area (TPSA) is 49.6 Å². The molecule has 0 bridgehead atoms. The van der Waals surface area contributed by atoms with Gasteiger partial charge in [-0.2, -0.15) is 0 Å². The molecule has 2 N–H and O–H groups in total. The zero-order valence-corrected chi connectivity index (χ0v) is 10.1. The first kappa shape index (κ1) is 12.5. The van der Waals surface area contributed by atoms with Crippen LogP contribution in [0, 0.1) is 0 Å². The van der Waals surface area contributed by atoms with Crippen LogP contribution in [0.1, 0.15) is 6.92 Å². The molecule has 0 aliphatic carbocycles. The van der Waals surface area contributed by atoms with E-state index in [2.05, 4.69) is 0 Å². The lowest BCUT2D eigenvalue weighted by Crippen LogP contribution is -2.35. The van der Waals surface area contributed by atoms with Crippen LogP contribution in [0.2, 0.25) is 0 Å². The van der Waals surface area contributed by atoms with E-state index < -0.39 is 0 Å². The van der Waals surface area contributed by atoms with Gasteiger partial charge in [0.1, 0.15) is 0 Å². The van der Waals surface area contributed by atoms with Crippen LogP contribution in [0.15, 0.2) is 24.3 Å². The average molecular weight is 221 g/mol. The van der Waals surface area contributed by atoms with Crippen LogP contribution >= 0.6 is 0 Å². The molecule has 4 nitrogen and oxygen atoms in total. The van der Waals surface area contributed by atoms with Crippen molar-refractivity contribution in [2.45, 2.75) is 6.92 Å². The van der Waals surface area contributed by atoms with E-state index >= 15 is 0 Å². The molecule has 0 saturated carbocycles. The van der Waals surface area contributed by atoms with Crippen molar-refractivity contribution in [2.24, 2.45) is 5.73 Å². The molecule has 0 aliphatic heterocycles. The highest BCUT2D eigenvalue weighted by Crippen LogP contribution is 2.19. The van der Waals surface area contributed by atoms with Gasteiger partial charge in [-0.1, -0.05) is 0 Å². The number of likely N-dealkylation sites (N-methyl/N-ethyl adjacent to an activating group) is 1. The molecule has 88 valence electrons. The Hall–Kier alpha value is -1.55. The second-order valence-corrected chi connectivity index (χ2v) is 3.75. The Kier molecular flexibility index (Phi) is 4.31. The van der Waals surface area contributed by atoms with E-state index in [4.69, 9.17) is 5.73 Å². The van der Waals surface area contributed by atoms with Gasteiger partial charge < -0.3 is 15.5 Å². The molecule has 0 unspecified atom stereocenters. The number of benzene rings is 1. The minimum absolute atomic E-state index is 0.0449. The van der Waals surface area contributed by atoms with Gasteiger partial charge in [0.05, 0.1) is 6.54 Å². The number of carbonyl (C=O) groups excluding carboxylic acids is 1. The Balaban J connectivity index is 2.90. The standard InChI is InChI=1S/C12H19N3O/c1-4-15(12(16)9-13)11-7-5-10(6-8-11)14(2)3/h5-8H,4,9,13H2,1-3H3. The summed E-state index contributed by atoms with van der Waals surface area (Å²) in [6.07, 6.45) is 0. The van der Waals surface area contributed by atoms with Crippen molar-refractivity contribution in [2.75, 3.05) is 37.0 Å². The van der Waals surface area contributed by atoms with Gasteiger partial charge in [-0.3, -0.25) is 4.79 Å². The fourth-order valence-electron chi connectivity index (χ4n) is 1.54. The first-order valence-corrected chi connectivity index (χ1v) is 5.38. The van der Waals surface area contributed by atoms with E-state index in [9.17, 15) is 4.79 Å². The van der Waals surface area contributed by atoms with E-state index in [1.165, 1.54) is 0 Å². The van der Waals surface area contributed by atoms with Crippen molar-refractivity contribution in [1.82, 2.24) is 0 Å². The summed E-state index contributed by atoms with van der Waals surface area (Å²) >= 11 is 0. The van der Waals surface area contributed by atoms with Crippen molar-refractivity contribution in [3.05, 3.63) is 24.3 Å². The number of hydrogen-bond donors (Lipinski definition) is 1. The van der Waals surface area contributed by atoms with Crippen LogP contribution in [0.5, 0.6) is 0 Å². The largest absolute Gasteiger partial charge is 0.378 e. The number of amides is 1. The zero-order chi connectivity index (χ0) is 12.1. The molecule has 1 aromatic carbocycles. The molecule has 0 heterocycles. The van der Waals surface area contributed by atoms with Gasteiger partial charge >= 0.3 is 0 Å². The summed E-state index contributed by atoms with van der Waals surface area (Å²) in [4.78, 5) is 15.3. The molecule has 0 aromatic heterocycles. The van der Waals surface area contributed by atoms with Gasteiger partial charge in [-0.15, -0.1) is 0 Å². The second kappa shape index (κ2) is 5.51. The Morgan fingerprint density at radius 3 is 2.06 bits per heavy atom. The average Bonchev–Trinajstić information content (AvgIpc) is 2.30.